The molecule has 1 rings (SSSR count). The number of hydrogen-bond acceptors (Lipinski definition) is 4. The normalized spacial score (nSPS) is 12.6. The van der Waals surface area contributed by atoms with E-state index < -0.39 is 27.7 Å². The molecule has 0 saturated heterocycles. The summed E-state index contributed by atoms with van der Waals surface area (Å²) in [5.74, 6) is -1.85. The van der Waals surface area contributed by atoms with Gasteiger partial charge in [0, 0.05) is 16.0 Å². The van der Waals surface area contributed by atoms with Crippen LogP contribution in [0.5, 0.6) is 0 Å². The fraction of sp³-hybridized carbons (Fsp3) is 0.476. The van der Waals surface area contributed by atoms with Gasteiger partial charge in [0.15, 0.2) is 11.6 Å². The molecule has 0 aliphatic carbocycles. The highest BCUT2D eigenvalue weighted by Crippen LogP contribution is 2.35. The number of carbonyl (C=O) groups excluding carboxylic acids is 1. The van der Waals surface area contributed by atoms with E-state index in [0.29, 0.717) is 12.4 Å². The highest BCUT2D eigenvalue weighted by Gasteiger charge is 2.31. The molecule has 1 amide bonds. The second-order valence-electron chi connectivity index (χ2n) is 7.54. The van der Waals surface area contributed by atoms with Gasteiger partial charge in [0.1, 0.15) is 5.76 Å². The van der Waals surface area contributed by atoms with Gasteiger partial charge in [-0.1, -0.05) is 33.4 Å². The van der Waals surface area contributed by atoms with Gasteiger partial charge in [-0.25, -0.2) is 8.78 Å². The van der Waals surface area contributed by atoms with Gasteiger partial charge in [-0.3, -0.25) is 4.79 Å². The quantitative estimate of drug-likeness (QED) is 0.329. The number of rotatable bonds is 10. The van der Waals surface area contributed by atoms with E-state index in [1.165, 1.54) is 12.1 Å². The van der Waals surface area contributed by atoms with E-state index in [0.717, 1.165) is 24.2 Å². The molecule has 28 heavy (non-hydrogen) atoms. The summed E-state index contributed by atoms with van der Waals surface area (Å²) < 4.78 is 32.0. The predicted octanol–water partition coefficient (Wildman–Crippen LogP) is 4.79. The molecule has 0 spiro atoms. The number of carbonyl (C=O) groups is 1. The van der Waals surface area contributed by atoms with E-state index >= 15 is 0 Å². The van der Waals surface area contributed by atoms with Gasteiger partial charge < -0.3 is 15.2 Å². The van der Waals surface area contributed by atoms with Crippen molar-refractivity contribution in [1.29, 1.82) is 0 Å². The first kappa shape index (κ1) is 24.2. The van der Waals surface area contributed by atoms with Crippen molar-refractivity contribution < 1.29 is 23.4 Å². The molecular formula is C21H29F2NO3S. The van der Waals surface area contributed by atoms with E-state index in [9.17, 15) is 18.7 Å². The maximum absolute atomic E-state index is 13.9. The number of benzene rings is 1. The van der Waals surface area contributed by atoms with Crippen molar-refractivity contribution in [3.05, 3.63) is 53.9 Å². The lowest BCUT2D eigenvalue weighted by Gasteiger charge is -2.27. The minimum absolute atomic E-state index is 0.0506. The van der Waals surface area contributed by atoms with Gasteiger partial charge in [-0.2, -0.15) is 0 Å². The Kier molecular flexibility index (Phi) is 8.70. The Morgan fingerprint density at radius 1 is 1.32 bits per heavy atom. The largest absolute Gasteiger partial charge is 0.497 e. The van der Waals surface area contributed by atoms with E-state index in [1.54, 1.807) is 19.9 Å². The fourth-order valence-electron chi connectivity index (χ4n) is 2.10. The molecule has 0 fully saturated rings. The zero-order valence-corrected chi connectivity index (χ0v) is 17.9. The second kappa shape index (κ2) is 10.1. The lowest BCUT2D eigenvalue weighted by atomic mass is 9.91. The van der Waals surface area contributed by atoms with Crippen molar-refractivity contribution >= 4 is 17.7 Å². The van der Waals surface area contributed by atoms with Crippen LogP contribution in [0.3, 0.4) is 0 Å². The van der Waals surface area contributed by atoms with Crippen molar-refractivity contribution in [1.82, 2.24) is 5.32 Å². The average Bonchev–Trinajstić information content (AvgIpc) is 2.62. The fourth-order valence-corrected chi connectivity index (χ4v) is 3.12. The Labute approximate surface area is 170 Å². The topological polar surface area (TPSA) is 58.6 Å². The molecule has 0 radical (unpaired) electrons. The van der Waals surface area contributed by atoms with E-state index in [-0.39, 0.29) is 17.2 Å². The summed E-state index contributed by atoms with van der Waals surface area (Å²) in [4.78, 5) is 12.7. The van der Waals surface area contributed by atoms with Crippen LogP contribution in [0.1, 0.15) is 41.0 Å². The minimum Gasteiger partial charge on any atom is -0.497 e. The Bertz CT molecular complexity index is 745. The molecule has 0 unspecified atom stereocenters. The molecule has 0 atom stereocenters. The number of nitrogens with one attached hydrogen (secondary N) is 1. The molecule has 0 aromatic heterocycles. The number of ether oxygens (including phenoxy) is 1. The van der Waals surface area contributed by atoms with Gasteiger partial charge in [-0.05, 0) is 38.5 Å². The van der Waals surface area contributed by atoms with Crippen molar-refractivity contribution in [3.63, 3.8) is 0 Å². The lowest BCUT2D eigenvalue weighted by Crippen LogP contribution is -2.39. The molecular weight excluding hydrogens is 384 g/mol. The van der Waals surface area contributed by atoms with Crippen LogP contribution < -0.4 is 5.32 Å². The SMILES string of the molecule is C=C(/C=C(\OCCC)C(C)(C)CO)NC(=O)C(C)(C)Sc1cccc(F)c1F. The summed E-state index contributed by atoms with van der Waals surface area (Å²) in [6.45, 7) is 13.0. The summed E-state index contributed by atoms with van der Waals surface area (Å²) in [5, 5.41) is 12.3. The Morgan fingerprint density at radius 3 is 2.54 bits per heavy atom. The molecule has 1 aromatic carbocycles. The third-order valence-corrected chi connectivity index (χ3v) is 5.16. The van der Waals surface area contributed by atoms with Crippen LogP contribution in [0.2, 0.25) is 0 Å². The third-order valence-electron chi connectivity index (χ3n) is 3.93. The minimum atomic E-state index is -1.08. The zero-order valence-electron chi connectivity index (χ0n) is 17.1. The van der Waals surface area contributed by atoms with Crippen molar-refractivity contribution in [2.75, 3.05) is 13.2 Å². The standard InChI is InChI=1S/C21H29F2NO3S/c1-7-11-27-17(20(3,4)13-25)12-14(2)24-19(26)21(5,6)28-16-10-8-9-15(22)18(16)23/h8-10,12,25H,2,7,11,13H2,1,3-6H3,(H,24,26)/b17-12-. The van der Waals surface area contributed by atoms with Crippen molar-refractivity contribution in [2.24, 2.45) is 5.41 Å². The lowest BCUT2D eigenvalue weighted by molar-refractivity contribution is -0.121. The molecule has 156 valence electrons. The van der Waals surface area contributed by atoms with Crippen LogP contribution in [0, 0.1) is 17.0 Å². The summed E-state index contributed by atoms with van der Waals surface area (Å²) in [6, 6.07) is 3.85. The second-order valence-corrected chi connectivity index (χ2v) is 9.21. The number of hydrogen-bond donors (Lipinski definition) is 2. The van der Waals surface area contributed by atoms with Crippen LogP contribution in [0.4, 0.5) is 8.78 Å². The number of thioether (sulfide) groups is 1. The molecule has 1 aromatic rings. The third kappa shape index (κ3) is 6.63. The smallest absolute Gasteiger partial charge is 0.240 e. The monoisotopic (exact) mass is 413 g/mol. The molecule has 2 N–H and O–H groups in total. The Morgan fingerprint density at radius 2 is 1.96 bits per heavy atom. The summed E-state index contributed by atoms with van der Waals surface area (Å²) in [5.41, 5.74) is -0.358. The Hall–Kier alpha value is -1.86. The van der Waals surface area contributed by atoms with Crippen LogP contribution in [-0.2, 0) is 9.53 Å². The van der Waals surface area contributed by atoms with Gasteiger partial charge >= 0.3 is 0 Å². The van der Waals surface area contributed by atoms with Crippen LogP contribution in [0.15, 0.2) is 47.2 Å². The first-order valence-corrected chi connectivity index (χ1v) is 9.85. The van der Waals surface area contributed by atoms with Gasteiger partial charge in [0.25, 0.3) is 0 Å². The van der Waals surface area contributed by atoms with Crippen LogP contribution in [-0.4, -0.2) is 29.0 Å². The molecule has 0 bridgehead atoms. The van der Waals surface area contributed by atoms with Crippen LogP contribution >= 0.6 is 11.8 Å². The summed E-state index contributed by atoms with van der Waals surface area (Å²) in [7, 11) is 0. The maximum Gasteiger partial charge on any atom is 0.240 e. The van der Waals surface area contributed by atoms with Gasteiger partial charge in [0.2, 0.25) is 5.91 Å². The zero-order chi connectivity index (χ0) is 21.5. The first-order chi connectivity index (χ1) is 12.9. The summed E-state index contributed by atoms with van der Waals surface area (Å²) >= 11 is 0.919. The van der Waals surface area contributed by atoms with E-state index in [2.05, 4.69) is 11.9 Å². The van der Waals surface area contributed by atoms with E-state index in [1.807, 2.05) is 20.8 Å². The number of amides is 1. The molecule has 0 aliphatic heterocycles. The molecule has 0 aliphatic rings. The number of allylic oxidation sites excluding steroid dienone is 1. The first-order valence-electron chi connectivity index (χ1n) is 9.03. The average molecular weight is 414 g/mol. The maximum atomic E-state index is 13.9. The number of halogens is 2. The van der Waals surface area contributed by atoms with Crippen molar-refractivity contribution in [2.45, 2.75) is 50.7 Å². The van der Waals surface area contributed by atoms with Gasteiger partial charge in [0.05, 0.1) is 18.0 Å². The number of aliphatic hydroxyl groups excluding tert-OH is 1. The summed E-state index contributed by atoms with van der Waals surface area (Å²) in [6.07, 6.45) is 2.37. The van der Waals surface area contributed by atoms with Gasteiger partial charge in [-0.15, -0.1) is 11.8 Å². The Balaban J connectivity index is 2.93. The highest BCUT2D eigenvalue weighted by atomic mass is 32.2. The molecule has 4 nitrogen and oxygen atoms in total. The molecule has 0 heterocycles. The predicted molar refractivity (Wildman–Crippen MR) is 109 cm³/mol. The van der Waals surface area contributed by atoms with E-state index in [4.69, 9.17) is 4.74 Å². The molecule has 0 saturated carbocycles. The van der Waals surface area contributed by atoms with Crippen molar-refractivity contribution in [3.8, 4) is 0 Å². The molecule has 7 heteroatoms. The highest BCUT2D eigenvalue weighted by molar-refractivity contribution is 8.01. The van der Waals surface area contributed by atoms with Crippen LogP contribution in [0.25, 0.3) is 0 Å². The number of aliphatic hydroxyl groups is 1.